The van der Waals surface area contributed by atoms with Crippen LogP contribution in [0.25, 0.3) is 10.8 Å². The maximum atomic E-state index is 12.1. The molecule has 0 aromatic heterocycles. The van der Waals surface area contributed by atoms with Crippen molar-refractivity contribution in [3.05, 3.63) is 71.2 Å². The third-order valence-corrected chi connectivity index (χ3v) is 5.21. The van der Waals surface area contributed by atoms with E-state index in [2.05, 4.69) is 27.8 Å². The number of nitrogens with zero attached hydrogens (tertiary/aromatic N) is 1. The van der Waals surface area contributed by atoms with E-state index in [1.165, 1.54) is 11.8 Å². The first-order valence-electron chi connectivity index (χ1n) is 8.20. The van der Waals surface area contributed by atoms with Gasteiger partial charge in [0.25, 0.3) is 0 Å². The van der Waals surface area contributed by atoms with E-state index in [-0.39, 0.29) is 5.91 Å². The molecule has 1 amide bonds. The fourth-order valence-corrected chi connectivity index (χ4v) is 3.67. The highest BCUT2D eigenvalue weighted by molar-refractivity contribution is 8.14. The number of rotatable bonds is 4. The molecule has 4 rings (SSSR count). The summed E-state index contributed by atoms with van der Waals surface area (Å²) in [6.45, 7) is 0.485. The number of anilines is 1. The fraction of sp³-hybridized carbons (Fsp3) is 0.100. The molecule has 2 N–H and O–H groups in total. The molecule has 130 valence electrons. The Labute approximate surface area is 160 Å². The van der Waals surface area contributed by atoms with Gasteiger partial charge in [-0.3, -0.25) is 4.79 Å². The van der Waals surface area contributed by atoms with Gasteiger partial charge < -0.3 is 10.6 Å². The molecular formula is C20H16ClN3OS. The normalized spacial score (nSPS) is 12.4. The molecule has 1 heterocycles. The van der Waals surface area contributed by atoms with E-state index in [0.29, 0.717) is 17.3 Å². The Kier molecular flexibility index (Phi) is 4.82. The van der Waals surface area contributed by atoms with Gasteiger partial charge in [-0.1, -0.05) is 59.8 Å². The first kappa shape index (κ1) is 16.9. The molecule has 0 aliphatic carbocycles. The number of carbonyl (C=O) groups excluding carboxylic acids is 1. The van der Waals surface area contributed by atoms with Crippen LogP contribution in [-0.4, -0.2) is 16.8 Å². The Hall–Kier alpha value is -2.50. The smallest absolute Gasteiger partial charge is 0.230 e. The number of hydrogen-bond donors (Lipinski definition) is 2. The van der Waals surface area contributed by atoms with Gasteiger partial charge in [0, 0.05) is 17.0 Å². The minimum absolute atomic E-state index is 0.0356. The molecule has 1 aliphatic heterocycles. The summed E-state index contributed by atoms with van der Waals surface area (Å²) in [4.78, 5) is 16.8. The molecule has 26 heavy (non-hydrogen) atoms. The summed E-state index contributed by atoms with van der Waals surface area (Å²) in [5.41, 5.74) is 2.97. The van der Waals surface area contributed by atoms with Gasteiger partial charge in [0.05, 0.1) is 17.1 Å². The SMILES string of the molecule is O=C(CSC1=Nc2cccc3cccc(c23)N1)NCc1ccc(Cl)cc1. The first-order valence-corrected chi connectivity index (χ1v) is 9.57. The van der Waals surface area contributed by atoms with Crippen molar-refractivity contribution in [1.82, 2.24) is 5.32 Å². The lowest BCUT2D eigenvalue weighted by atomic mass is 10.1. The largest absolute Gasteiger partial charge is 0.351 e. The first-order chi connectivity index (χ1) is 12.7. The van der Waals surface area contributed by atoms with Gasteiger partial charge in [-0.05, 0) is 35.2 Å². The maximum Gasteiger partial charge on any atom is 0.230 e. The quantitative estimate of drug-likeness (QED) is 0.671. The number of amidine groups is 1. The van der Waals surface area contributed by atoms with E-state index >= 15 is 0 Å². The molecule has 1 aliphatic rings. The number of hydrogen-bond acceptors (Lipinski definition) is 4. The van der Waals surface area contributed by atoms with Crippen LogP contribution in [0.15, 0.2) is 65.7 Å². The number of benzene rings is 3. The Balaban J connectivity index is 1.37. The monoisotopic (exact) mass is 381 g/mol. The van der Waals surface area contributed by atoms with Crippen LogP contribution in [0.5, 0.6) is 0 Å². The molecule has 0 saturated heterocycles. The minimum Gasteiger partial charge on any atom is -0.351 e. The Bertz CT molecular complexity index is 996. The van der Waals surface area contributed by atoms with Gasteiger partial charge >= 0.3 is 0 Å². The van der Waals surface area contributed by atoms with Crippen LogP contribution < -0.4 is 10.6 Å². The van der Waals surface area contributed by atoms with Crippen LogP contribution in [0, 0.1) is 0 Å². The highest BCUT2D eigenvalue weighted by Gasteiger charge is 2.15. The van der Waals surface area contributed by atoms with Crippen LogP contribution in [0.1, 0.15) is 5.56 Å². The van der Waals surface area contributed by atoms with Gasteiger partial charge in [0.15, 0.2) is 5.17 Å². The van der Waals surface area contributed by atoms with E-state index < -0.39 is 0 Å². The predicted octanol–water partition coefficient (Wildman–Crippen LogP) is 4.96. The van der Waals surface area contributed by atoms with E-state index in [4.69, 9.17) is 11.6 Å². The molecule has 0 spiro atoms. The Morgan fingerprint density at radius 2 is 1.85 bits per heavy atom. The van der Waals surface area contributed by atoms with Crippen LogP contribution >= 0.6 is 23.4 Å². The van der Waals surface area contributed by atoms with Crippen molar-refractivity contribution < 1.29 is 4.79 Å². The van der Waals surface area contributed by atoms with Gasteiger partial charge in [-0.15, -0.1) is 0 Å². The second-order valence-corrected chi connectivity index (χ2v) is 7.32. The minimum atomic E-state index is -0.0356. The summed E-state index contributed by atoms with van der Waals surface area (Å²) in [5, 5.41) is 9.92. The van der Waals surface area contributed by atoms with Gasteiger partial charge in [0.2, 0.25) is 5.91 Å². The van der Waals surface area contributed by atoms with E-state index in [9.17, 15) is 4.79 Å². The number of thioether (sulfide) groups is 1. The van der Waals surface area contributed by atoms with E-state index in [0.717, 1.165) is 32.9 Å². The van der Waals surface area contributed by atoms with E-state index in [1.54, 1.807) is 0 Å². The number of amides is 1. The third-order valence-electron chi connectivity index (χ3n) is 4.09. The van der Waals surface area contributed by atoms with Crippen LogP contribution in [0.2, 0.25) is 5.02 Å². The van der Waals surface area contributed by atoms with Gasteiger partial charge in [0.1, 0.15) is 0 Å². The molecule has 0 fully saturated rings. The summed E-state index contributed by atoms with van der Waals surface area (Å²) in [6.07, 6.45) is 0. The second kappa shape index (κ2) is 7.40. The Morgan fingerprint density at radius 3 is 2.65 bits per heavy atom. The standard InChI is InChI=1S/C20H16ClN3OS/c21-15-9-7-13(8-10-15)11-22-18(25)12-26-20-23-16-5-1-3-14-4-2-6-17(24-20)19(14)16/h1-10H,11-12H2,(H,22,25)(H,23,24). The van der Waals surface area contributed by atoms with Crippen LogP contribution in [0.3, 0.4) is 0 Å². The lowest BCUT2D eigenvalue weighted by Gasteiger charge is -2.18. The summed E-state index contributed by atoms with van der Waals surface area (Å²) < 4.78 is 0. The molecule has 0 saturated carbocycles. The van der Waals surface area contributed by atoms with Crippen molar-refractivity contribution in [2.45, 2.75) is 6.54 Å². The molecule has 3 aromatic carbocycles. The van der Waals surface area contributed by atoms with Crippen molar-refractivity contribution in [3.8, 4) is 0 Å². The van der Waals surface area contributed by atoms with Crippen molar-refractivity contribution >= 4 is 56.6 Å². The lowest BCUT2D eigenvalue weighted by molar-refractivity contribution is -0.118. The lowest BCUT2D eigenvalue weighted by Crippen LogP contribution is -2.26. The molecule has 3 aromatic rings. The number of carbonyl (C=O) groups is 1. The topological polar surface area (TPSA) is 53.5 Å². The zero-order valence-electron chi connectivity index (χ0n) is 13.8. The molecule has 4 nitrogen and oxygen atoms in total. The summed E-state index contributed by atoms with van der Waals surface area (Å²) in [6, 6.07) is 19.6. The second-order valence-electron chi connectivity index (χ2n) is 5.91. The third kappa shape index (κ3) is 3.69. The van der Waals surface area contributed by atoms with Crippen molar-refractivity contribution in [2.24, 2.45) is 4.99 Å². The Morgan fingerprint density at radius 1 is 1.08 bits per heavy atom. The maximum absolute atomic E-state index is 12.1. The van der Waals surface area contributed by atoms with E-state index in [1.807, 2.05) is 48.5 Å². The molecule has 0 radical (unpaired) electrons. The molecular weight excluding hydrogens is 366 g/mol. The summed E-state index contributed by atoms with van der Waals surface area (Å²) >= 11 is 7.26. The van der Waals surface area contributed by atoms with Gasteiger partial charge in [-0.25, -0.2) is 4.99 Å². The predicted molar refractivity (Wildman–Crippen MR) is 110 cm³/mol. The summed E-state index contributed by atoms with van der Waals surface area (Å²) in [5.74, 6) is 0.268. The number of halogens is 1. The van der Waals surface area contributed by atoms with Crippen molar-refractivity contribution in [1.29, 1.82) is 0 Å². The number of nitrogens with one attached hydrogen (secondary N) is 2. The summed E-state index contributed by atoms with van der Waals surface area (Å²) in [7, 11) is 0. The average molecular weight is 382 g/mol. The highest BCUT2D eigenvalue weighted by Crippen LogP contribution is 2.36. The van der Waals surface area contributed by atoms with Crippen molar-refractivity contribution in [2.75, 3.05) is 11.1 Å². The zero-order chi connectivity index (χ0) is 17.9. The fourth-order valence-electron chi connectivity index (χ4n) is 2.83. The number of aliphatic imine (C=N–C) groups is 1. The molecule has 6 heteroatoms. The highest BCUT2D eigenvalue weighted by atomic mass is 35.5. The van der Waals surface area contributed by atoms with Crippen LogP contribution in [-0.2, 0) is 11.3 Å². The molecule has 0 bridgehead atoms. The molecule has 0 unspecified atom stereocenters. The zero-order valence-corrected chi connectivity index (χ0v) is 15.4. The average Bonchev–Trinajstić information content (AvgIpc) is 2.66. The van der Waals surface area contributed by atoms with Gasteiger partial charge in [-0.2, -0.15) is 0 Å². The van der Waals surface area contributed by atoms with Crippen LogP contribution in [0.4, 0.5) is 11.4 Å². The van der Waals surface area contributed by atoms with Crippen molar-refractivity contribution in [3.63, 3.8) is 0 Å². The molecule has 0 atom stereocenters.